The molecule has 8 heteroatoms. The van der Waals surface area contributed by atoms with Crippen LogP contribution in [0.25, 0.3) is 38.6 Å². The molecule has 1 aliphatic heterocycles. The van der Waals surface area contributed by atoms with Crippen LogP contribution < -0.4 is 14.2 Å². The zero-order valence-corrected chi connectivity index (χ0v) is 22.8. The molecule has 3 heterocycles. The first-order valence-corrected chi connectivity index (χ1v) is 13.5. The summed E-state index contributed by atoms with van der Waals surface area (Å²) < 4.78 is 19.4. The number of methoxy groups -OCH3 is 2. The molecular weight excluding hydrogens is 528 g/mol. The Morgan fingerprint density at radius 2 is 1.55 bits per heavy atom. The summed E-state index contributed by atoms with van der Waals surface area (Å²) in [4.78, 5) is 9.67. The number of phenols is 1. The quantitative estimate of drug-likeness (QED) is 0.249. The van der Waals surface area contributed by atoms with E-state index in [-0.39, 0.29) is 11.7 Å². The first-order valence-electron chi connectivity index (χ1n) is 13.5. The van der Waals surface area contributed by atoms with Crippen molar-refractivity contribution in [1.82, 2.24) is 19.6 Å². The van der Waals surface area contributed by atoms with E-state index in [4.69, 9.17) is 29.3 Å². The summed E-state index contributed by atoms with van der Waals surface area (Å²) in [5.41, 5.74) is 3.83. The van der Waals surface area contributed by atoms with Gasteiger partial charge in [0.1, 0.15) is 17.8 Å². The highest BCUT2D eigenvalue weighted by Gasteiger charge is 2.35. The Kier molecular flexibility index (Phi) is 5.30. The normalized spacial score (nSPS) is 14.0. The first kappa shape index (κ1) is 24.2. The van der Waals surface area contributed by atoms with Gasteiger partial charge in [-0.1, -0.05) is 72.8 Å². The molecule has 0 saturated carbocycles. The average Bonchev–Trinajstić information content (AvgIpc) is 3.48. The molecule has 0 amide bonds. The molecule has 0 saturated heterocycles. The van der Waals surface area contributed by atoms with Crippen molar-refractivity contribution in [2.24, 2.45) is 0 Å². The van der Waals surface area contributed by atoms with E-state index in [1.807, 2.05) is 66.7 Å². The maximum Gasteiger partial charge on any atom is 0.228 e. The summed E-state index contributed by atoms with van der Waals surface area (Å²) in [7, 11) is 3.25. The molecule has 1 atom stereocenters. The maximum absolute atomic E-state index is 11.2. The van der Waals surface area contributed by atoms with Crippen molar-refractivity contribution in [2.45, 2.75) is 5.92 Å². The predicted molar refractivity (Wildman–Crippen MR) is 160 cm³/mol. The Morgan fingerprint density at radius 3 is 2.36 bits per heavy atom. The SMILES string of the molecule is COc1ccc([C@H]2c3ccc4ccccc4c3Oc3ncn4nc(-c5ccc6ccccc6c5O)nc4c32)cc1OC. The molecule has 0 spiro atoms. The van der Waals surface area contributed by atoms with E-state index < -0.39 is 0 Å². The summed E-state index contributed by atoms with van der Waals surface area (Å²) in [5.74, 6) is 2.69. The summed E-state index contributed by atoms with van der Waals surface area (Å²) in [6.45, 7) is 0. The highest BCUT2D eigenvalue weighted by Crippen LogP contribution is 2.51. The fourth-order valence-electron chi connectivity index (χ4n) is 5.98. The fraction of sp³-hybridized carbons (Fsp3) is 0.0882. The van der Waals surface area contributed by atoms with E-state index in [1.54, 1.807) is 25.1 Å². The highest BCUT2D eigenvalue weighted by molar-refractivity contribution is 5.94. The van der Waals surface area contributed by atoms with Crippen molar-refractivity contribution < 1.29 is 19.3 Å². The van der Waals surface area contributed by atoms with Crippen molar-refractivity contribution in [3.8, 4) is 40.3 Å². The maximum atomic E-state index is 11.2. The number of hydrogen-bond donors (Lipinski definition) is 1. The number of fused-ring (bicyclic) bond motifs is 7. The van der Waals surface area contributed by atoms with Gasteiger partial charge < -0.3 is 19.3 Å². The third-order valence-corrected chi connectivity index (χ3v) is 7.98. The highest BCUT2D eigenvalue weighted by atomic mass is 16.5. The van der Waals surface area contributed by atoms with Gasteiger partial charge in [-0.05, 0) is 34.5 Å². The Morgan fingerprint density at radius 1 is 0.810 bits per heavy atom. The minimum Gasteiger partial charge on any atom is -0.507 e. The van der Waals surface area contributed by atoms with Gasteiger partial charge in [0.15, 0.2) is 23.0 Å². The van der Waals surface area contributed by atoms with Crippen LogP contribution in [0.5, 0.6) is 28.9 Å². The Hall–Kier alpha value is -5.63. The molecule has 1 N–H and O–H groups in total. The molecule has 0 fully saturated rings. The van der Waals surface area contributed by atoms with Crippen LogP contribution in [-0.2, 0) is 0 Å². The largest absolute Gasteiger partial charge is 0.507 e. The van der Waals surface area contributed by atoms with Gasteiger partial charge in [-0.15, -0.1) is 5.10 Å². The number of nitrogens with zero attached hydrogens (tertiary/aromatic N) is 4. The molecule has 1 aliphatic rings. The summed E-state index contributed by atoms with van der Waals surface area (Å²) in [5, 5.41) is 19.7. The smallest absolute Gasteiger partial charge is 0.228 e. The van der Waals surface area contributed by atoms with Crippen LogP contribution in [0.15, 0.2) is 97.3 Å². The van der Waals surface area contributed by atoms with Crippen LogP contribution in [-0.4, -0.2) is 38.9 Å². The van der Waals surface area contributed by atoms with E-state index in [0.29, 0.717) is 34.4 Å². The third kappa shape index (κ3) is 3.51. The van der Waals surface area contributed by atoms with Gasteiger partial charge in [-0.3, -0.25) is 0 Å². The zero-order chi connectivity index (χ0) is 28.4. The van der Waals surface area contributed by atoms with Crippen LogP contribution in [0, 0.1) is 0 Å². The van der Waals surface area contributed by atoms with Gasteiger partial charge in [0.25, 0.3) is 0 Å². The van der Waals surface area contributed by atoms with E-state index in [1.165, 1.54) is 0 Å². The van der Waals surface area contributed by atoms with Crippen LogP contribution in [0.3, 0.4) is 0 Å². The van der Waals surface area contributed by atoms with Gasteiger partial charge in [0.05, 0.1) is 25.3 Å². The molecule has 0 bridgehead atoms. The number of rotatable bonds is 4. The second kappa shape index (κ2) is 9.21. The predicted octanol–water partition coefficient (Wildman–Crippen LogP) is 7.11. The minimum atomic E-state index is -0.299. The van der Waals surface area contributed by atoms with Crippen LogP contribution in [0.1, 0.15) is 22.6 Å². The van der Waals surface area contributed by atoms with Gasteiger partial charge in [0.2, 0.25) is 5.88 Å². The molecule has 42 heavy (non-hydrogen) atoms. The molecule has 7 aromatic rings. The number of aromatic nitrogens is 4. The van der Waals surface area contributed by atoms with Gasteiger partial charge >= 0.3 is 0 Å². The van der Waals surface area contributed by atoms with Gasteiger partial charge in [0, 0.05) is 22.3 Å². The molecule has 0 radical (unpaired) electrons. The second-order valence-electron chi connectivity index (χ2n) is 10.2. The summed E-state index contributed by atoms with van der Waals surface area (Å²) >= 11 is 0. The number of aromatic hydroxyl groups is 1. The third-order valence-electron chi connectivity index (χ3n) is 7.98. The first-order chi connectivity index (χ1) is 20.6. The molecule has 5 aromatic carbocycles. The molecule has 8 nitrogen and oxygen atoms in total. The van der Waals surface area contributed by atoms with Crippen molar-refractivity contribution in [3.63, 3.8) is 0 Å². The summed E-state index contributed by atoms with van der Waals surface area (Å²) in [6.07, 6.45) is 1.60. The summed E-state index contributed by atoms with van der Waals surface area (Å²) in [6, 6.07) is 29.7. The van der Waals surface area contributed by atoms with E-state index in [9.17, 15) is 5.11 Å². The fourth-order valence-corrected chi connectivity index (χ4v) is 5.98. The standard InChI is InChI=1S/C34H24N4O4/c1-40-26-16-13-21(17-27(26)41-2)28-24-14-11-20-8-4-6-10-23(20)31(24)42-34-29(28)33-36-32(37-38(33)18-35-34)25-15-12-19-7-3-5-9-22(19)30(25)39/h3-18,28,39H,1-2H3/t28-/m0/s1. The van der Waals surface area contributed by atoms with Gasteiger partial charge in [-0.2, -0.15) is 0 Å². The number of phenolic OH excluding ortho intramolecular Hbond substituents is 1. The van der Waals surface area contributed by atoms with Gasteiger partial charge in [-0.25, -0.2) is 14.5 Å². The molecule has 0 aliphatic carbocycles. The number of benzene rings is 5. The average molecular weight is 553 g/mol. The molecule has 0 unspecified atom stereocenters. The lowest BCUT2D eigenvalue weighted by molar-refractivity contribution is 0.354. The Bertz CT molecular complexity index is 2190. The van der Waals surface area contributed by atoms with E-state index >= 15 is 0 Å². The lowest BCUT2D eigenvalue weighted by atomic mass is 9.82. The molecule has 204 valence electrons. The zero-order valence-electron chi connectivity index (χ0n) is 22.8. The Labute approximate surface area is 240 Å². The second-order valence-corrected chi connectivity index (χ2v) is 10.2. The van der Waals surface area contributed by atoms with Crippen molar-refractivity contribution in [3.05, 3.63) is 114 Å². The topological polar surface area (TPSA) is 91.0 Å². The lowest BCUT2D eigenvalue weighted by Crippen LogP contribution is -2.15. The number of ether oxygens (including phenoxy) is 3. The van der Waals surface area contributed by atoms with Crippen molar-refractivity contribution in [1.29, 1.82) is 0 Å². The van der Waals surface area contributed by atoms with E-state index in [2.05, 4.69) is 24.3 Å². The van der Waals surface area contributed by atoms with Crippen molar-refractivity contribution in [2.75, 3.05) is 14.2 Å². The molecule has 2 aromatic heterocycles. The lowest BCUT2D eigenvalue weighted by Gasteiger charge is -2.29. The molecular formula is C34H24N4O4. The van der Waals surface area contributed by atoms with Crippen molar-refractivity contribution >= 4 is 27.2 Å². The van der Waals surface area contributed by atoms with Crippen LogP contribution >= 0.6 is 0 Å². The Balaban J connectivity index is 1.39. The van der Waals surface area contributed by atoms with Crippen LogP contribution in [0.4, 0.5) is 0 Å². The number of hydrogen-bond acceptors (Lipinski definition) is 7. The minimum absolute atomic E-state index is 0.135. The monoisotopic (exact) mass is 552 g/mol. The van der Waals surface area contributed by atoms with Crippen LogP contribution in [0.2, 0.25) is 0 Å². The van der Waals surface area contributed by atoms with E-state index in [0.717, 1.165) is 44.0 Å². The molecule has 8 rings (SSSR count).